The molecule has 38 heavy (non-hydrogen) atoms. The molecule has 7 nitrogen and oxygen atoms in total. The molecule has 1 heterocycles. The minimum Gasteiger partial charge on any atom is -0.496 e. The van der Waals surface area contributed by atoms with E-state index in [-0.39, 0.29) is 16.3 Å². The van der Waals surface area contributed by atoms with E-state index < -0.39 is 29.1 Å². The summed E-state index contributed by atoms with van der Waals surface area (Å²) >= 11 is 1.16. The van der Waals surface area contributed by atoms with Crippen LogP contribution >= 0.6 is 11.3 Å². The number of carbonyl (C=O) groups is 2. The lowest BCUT2D eigenvalue weighted by Crippen LogP contribution is -2.13. The lowest BCUT2D eigenvalue weighted by atomic mass is 10.0. The number of nitrogens with zero attached hydrogens (tertiary/aromatic N) is 1. The largest absolute Gasteiger partial charge is 0.496 e. The Balaban J connectivity index is 1.73. The molecule has 0 saturated heterocycles. The van der Waals surface area contributed by atoms with Crippen molar-refractivity contribution in [3.8, 4) is 17.0 Å². The van der Waals surface area contributed by atoms with Gasteiger partial charge in [-0.3, -0.25) is 10.1 Å². The normalized spacial score (nSPS) is 11.4. The van der Waals surface area contributed by atoms with Gasteiger partial charge in [0.05, 0.1) is 19.4 Å². The van der Waals surface area contributed by atoms with Crippen molar-refractivity contribution in [1.29, 1.82) is 0 Å². The predicted molar refractivity (Wildman–Crippen MR) is 144 cm³/mol. The number of hydrogen-bond acceptors (Lipinski definition) is 6. The van der Waals surface area contributed by atoms with Gasteiger partial charge in [0, 0.05) is 34.3 Å². The quantitative estimate of drug-likeness (QED) is 0.186. The molecule has 0 radical (unpaired) electrons. The first-order chi connectivity index (χ1) is 18.2. The highest BCUT2D eigenvalue weighted by Crippen LogP contribution is 2.35. The zero-order valence-electron chi connectivity index (χ0n) is 21.5. The van der Waals surface area contributed by atoms with Gasteiger partial charge in [-0.2, -0.15) is 0 Å². The number of hydrogen-bond donors (Lipinski definition) is 2. The minimum absolute atomic E-state index is 0.239. The van der Waals surface area contributed by atoms with E-state index in [0.717, 1.165) is 66.5 Å². The predicted octanol–water partition coefficient (Wildman–Crippen LogP) is 6.59. The van der Waals surface area contributed by atoms with Crippen LogP contribution in [0.3, 0.4) is 0 Å². The maximum Gasteiger partial charge on any atom is 0.331 e. The fourth-order valence-electron chi connectivity index (χ4n) is 3.72. The van der Waals surface area contributed by atoms with E-state index >= 15 is 0 Å². The molecule has 3 aromatic rings. The third-order valence-electron chi connectivity index (χ3n) is 5.75. The highest BCUT2D eigenvalue weighted by atomic mass is 32.1. The van der Waals surface area contributed by atoms with Crippen LogP contribution in [0.4, 0.5) is 13.9 Å². The molecule has 0 fully saturated rings. The molecule has 0 aliphatic carbocycles. The Labute approximate surface area is 224 Å². The SMILES string of the molecule is CCCCCOCCc1cccc(-c2csc(NC(=O)c3cc(F)c(/C=C(\C)C(=O)O)c(F)c3)n2)c1OC. The van der Waals surface area contributed by atoms with E-state index in [2.05, 4.69) is 17.2 Å². The van der Waals surface area contributed by atoms with Crippen LogP contribution in [0, 0.1) is 11.6 Å². The van der Waals surface area contributed by atoms with Gasteiger partial charge in [-0.25, -0.2) is 18.6 Å². The highest BCUT2D eigenvalue weighted by molar-refractivity contribution is 7.14. The summed E-state index contributed by atoms with van der Waals surface area (Å²) in [7, 11) is 1.58. The van der Waals surface area contributed by atoms with Gasteiger partial charge >= 0.3 is 5.97 Å². The van der Waals surface area contributed by atoms with Gasteiger partial charge in [0.15, 0.2) is 5.13 Å². The number of para-hydroxylation sites is 1. The summed E-state index contributed by atoms with van der Waals surface area (Å²) in [6.45, 7) is 4.65. The second-order valence-electron chi connectivity index (χ2n) is 8.55. The van der Waals surface area contributed by atoms with E-state index in [0.29, 0.717) is 24.5 Å². The number of carboxylic acid groups (broad SMARTS) is 1. The molecule has 2 aromatic carbocycles. The number of unbranched alkanes of at least 4 members (excludes halogenated alkanes) is 2. The number of aromatic nitrogens is 1. The van der Waals surface area contributed by atoms with Gasteiger partial charge in [-0.05, 0) is 49.6 Å². The molecule has 0 aliphatic heterocycles. The van der Waals surface area contributed by atoms with E-state index in [1.807, 2.05) is 18.2 Å². The molecule has 1 amide bonds. The molecule has 0 aliphatic rings. The molecule has 1 aromatic heterocycles. The lowest BCUT2D eigenvalue weighted by molar-refractivity contribution is -0.132. The molecular weight excluding hydrogens is 514 g/mol. The van der Waals surface area contributed by atoms with Crippen molar-refractivity contribution in [2.75, 3.05) is 25.6 Å². The van der Waals surface area contributed by atoms with Crippen LogP contribution in [0.15, 0.2) is 41.3 Å². The second kappa shape index (κ2) is 13.8. The van der Waals surface area contributed by atoms with Crippen LogP contribution in [0.5, 0.6) is 5.75 Å². The van der Waals surface area contributed by atoms with Crippen molar-refractivity contribution in [2.45, 2.75) is 39.5 Å². The average Bonchev–Trinajstić information content (AvgIpc) is 3.35. The topological polar surface area (TPSA) is 97.8 Å². The number of rotatable bonds is 13. The van der Waals surface area contributed by atoms with Crippen LogP contribution in [-0.4, -0.2) is 42.3 Å². The van der Waals surface area contributed by atoms with E-state index in [1.54, 1.807) is 12.5 Å². The number of aliphatic carboxylic acids is 1. The zero-order chi connectivity index (χ0) is 27.7. The van der Waals surface area contributed by atoms with E-state index in [4.69, 9.17) is 14.6 Å². The Morgan fingerprint density at radius 1 is 1.16 bits per heavy atom. The number of carboxylic acids is 1. The summed E-state index contributed by atoms with van der Waals surface area (Å²) in [6, 6.07) is 7.43. The molecule has 202 valence electrons. The van der Waals surface area contributed by atoms with Gasteiger partial charge in [-0.15, -0.1) is 11.3 Å². The summed E-state index contributed by atoms with van der Waals surface area (Å²) in [5, 5.41) is 13.5. The Morgan fingerprint density at radius 3 is 2.55 bits per heavy atom. The Kier molecular flexibility index (Phi) is 10.5. The van der Waals surface area contributed by atoms with Crippen LogP contribution in [-0.2, 0) is 16.0 Å². The number of carbonyl (C=O) groups excluding carboxylic acids is 1. The summed E-state index contributed by atoms with van der Waals surface area (Å²) in [6.07, 6.45) is 4.86. The molecule has 0 bridgehead atoms. The Morgan fingerprint density at radius 2 is 1.89 bits per heavy atom. The third kappa shape index (κ3) is 7.45. The van der Waals surface area contributed by atoms with Gasteiger partial charge < -0.3 is 14.6 Å². The molecular formula is C28H30F2N2O5S. The Bertz CT molecular complexity index is 1300. The van der Waals surface area contributed by atoms with Gasteiger partial charge in [0.1, 0.15) is 17.4 Å². The van der Waals surface area contributed by atoms with Gasteiger partial charge in [0.25, 0.3) is 5.91 Å². The van der Waals surface area contributed by atoms with Crippen LogP contribution < -0.4 is 10.1 Å². The summed E-state index contributed by atoms with van der Waals surface area (Å²) in [5.74, 6) is -3.49. The van der Waals surface area contributed by atoms with Crippen molar-refractivity contribution in [2.24, 2.45) is 0 Å². The molecule has 3 rings (SSSR count). The van der Waals surface area contributed by atoms with Crippen molar-refractivity contribution < 1.29 is 33.0 Å². The first kappa shape index (κ1) is 28.9. The Hall–Kier alpha value is -3.63. The van der Waals surface area contributed by atoms with Crippen molar-refractivity contribution in [1.82, 2.24) is 4.98 Å². The number of anilines is 1. The maximum atomic E-state index is 14.5. The number of nitrogens with one attached hydrogen (secondary N) is 1. The zero-order valence-corrected chi connectivity index (χ0v) is 22.3. The monoisotopic (exact) mass is 544 g/mol. The molecule has 0 atom stereocenters. The average molecular weight is 545 g/mol. The third-order valence-corrected chi connectivity index (χ3v) is 6.51. The summed E-state index contributed by atoms with van der Waals surface area (Å²) < 4.78 is 40.3. The van der Waals surface area contributed by atoms with Crippen LogP contribution in [0.1, 0.15) is 54.6 Å². The first-order valence-electron chi connectivity index (χ1n) is 12.2. The summed E-state index contributed by atoms with van der Waals surface area (Å²) in [4.78, 5) is 28.1. The van der Waals surface area contributed by atoms with Crippen LogP contribution in [0.25, 0.3) is 17.3 Å². The molecule has 0 saturated carbocycles. The van der Waals surface area contributed by atoms with Crippen LogP contribution in [0.2, 0.25) is 0 Å². The first-order valence-corrected chi connectivity index (χ1v) is 13.0. The number of benzene rings is 2. The smallest absolute Gasteiger partial charge is 0.331 e. The van der Waals surface area contributed by atoms with E-state index in [9.17, 15) is 18.4 Å². The number of halogens is 2. The molecule has 10 heteroatoms. The second-order valence-corrected chi connectivity index (χ2v) is 9.40. The van der Waals surface area contributed by atoms with Gasteiger partial charge in [0.2, 0.25) is 0 Å². The molecule has 0 unspecified atom stereocenters. The molecule has 0 spiro atoms. The van der Waals surface area contributed by atoms with E-state index in [1.165, 1.54) is 6.92 Å². The number of ether oxygens (including phenoxy) is 2. The number of methoxy groups -OCH3 is 1. The lowest BCUT2D eigenvalue weighted by Gasteiger charge is -2.12. The number of thiazole rings is 1. The van der Waals surface area contributed by atoms with Crippen molar-refractivity contribution in [3.05, 3.63) is 69.6 Å². The van der Waals surface area contributed by atoms with Crippen molar-refractivity contribution in [3.63, 3.8) is 0 Å². The highest BCUT2D eigenvalue weighted by Gasteiger charge is 2.18. The molecule has 2 N–H and O–H groups in total. The summed E-state index contributed by atoms with van der Waals surface area (Å²) in [5.41, 5.74) is 1.26. The maximum absolute atomic E-state index is 14.5. The number of amides is 1. The van der Waals surface area contributed by atoms with Crippen molar-refractivity contribution >= 4 is 34.4 Å². The fraction of sp³-hybridized carbons (Fsp3) is 0.321. The standard InChI is InChI=1S/C28H30F2N2O5S/c1-4-5-6-11-37-12-10-18-8-7-9-20(25(18)36-3)24-16-38-28(31-24)32-26(33)19-14-22(29)21(23(30)15-19)13-17(2)27(34)35/h7-9,13-16H,4-6,10-12H2,1-3H3,(H,34,35)(H,31,32,33)/b17-13+. The minimum atomic E-state index is -1.30. The fourth-order valence-corrected chi connectivity index (χ4v) is 4.42. The van der Waals surface area contributed by atoms with Gasteiger partial charge in [-0.1, -0.05) is 31.9 Å².